The van der Waals surface area contributed by atoms with Crippen LogP contribution in [0.25, 0.3) is 0 Å². The third kappa shape index (κ3) is 2.23. The first-order valence-electron chi connectivity index (χ1n) is 6.99. The van der Waals surface area contributed by atoms with Crippen LogP contribution in [0, 0.1) is 17.5 Å². The molecule has 21 heavy (non-hydrogen) atoms. The van der Waals surface area contributed by atoms with Crippen LogP contribution >= 0.6 is 0 Å². The molecule has 0 amide bonds. The molecule has 0 aromatic heterocycles. The Kier molecular flexibility index (Phi) is 3.49. The molecule has 2 aromatic carbocycles. The van der Waals surface area contributed by atoms with Gasteiger partial charge in [0.2, 0.25) is 0 Å². The summed E-state index contributed by atoms with van der Waals surface area (Å²) in [4.78, 5) is 0. The number of benzene rings is 2. The van der Waals surface area contributed by atoms with E-state index in [0.717, 1.165) is 30.5 Å². The Morgan fingerprint density at radius 3 is 2.43 bits per heavy atom. The molecule has 3 rings (SSSR count). The molecule has 1 nitrogen and oxygen atoms in total. The number of rotatable bonds is 1. The van der Waals surface area contributed by atoms with Gasteiger partial charge in [0, 0.05) is 5.56 Å². The molecule has 0 radical (unpaired) electrons. The van der Waals surface area contributed by atoms with Crippen LogP contribution in [0.3, 0.4) is 0 Å². The largest absolute Gasteiger partial charge is 0.380 e. The average Bonchev–Trinajstić information content (AvgIpc) is 2.65. The van der Waals surface area contributed by atoms with E-state index in [4.69, 9.17) is 0 Å². The summed E-state index contributed by atoms with van der Waals surface area (Å²) in [6, 6.07) is 9.21. The van der Waals surface area contributed by atoms with Gasteiger partial charge in [0.1, 0.15) is 5.60 Å². The predicted octanol–water partition coefficient (Wildman–Crippen LogP) is 4.07. The topological polar surface area (TPSA) is 20.2 Å². The summed E-state index contributed by atoms with van der Waals surface area (Å²) in [5.74, 6) is -4.10. The minimum absolute atomic E-state index is 0.198. The molecule has 1 atom stereocenters. The van der Waals surface area contributed by atoms with Crippen molar-refractivity contribution in [1.29, 1.82) is 0 Å². The molecule has 0 bridgehead atoms. The van der Waals surface area contributed by atoms with Gasteiger partial charge in [-0.25, -0.2) is 13.2 Å². The lowest BCUT2D eigenvalue weighted by molar-refractivity contribution is 0.0655. The Balaban J connectivity index is 2.23. The van der Waals surface area contributed by atoms with Crippen LogP contribution in [0.5, 0.6) is 0 Å². The highest BCUT2D eigenvalue weighted by Gasteiger charge is 2.38. The van der Waals surface area contributed by atoms with Crippen LogP contribution in [0.1, 0.15) is 36.0 Å². The van der Waals surface area contributed by atoms with Gasteiger partial charge in [-0.2, -0.15) is 0 Å². The van der Waals surface area contributed by atoms with Crippen molar-refractivity contribution in [2.75, 3.05) is 0 Å². The summed E-state index contributed by atoms with van der Waals surface area (Å²) in [5.41, 5.74) is -0.323. The van der Waals surface area contributed by atoms with E-state index in [1.54, 1.807) is 12.1 Å². The van der Waals surface area contributed by atoms with Gasteiger partial charge < -0.3 is 5.11 Å². The molecule has 0 heterocycles. The summed E-state index contributed by atoms with van der Waals surface area (Å²) < 4.78 is 40.8. The molecular weight excluding hydrogens is 277 g/mol. The number of aliphatic hydroxyl groups is 1. The van der Waals surface area contributed by atoms with Crippen LogP contribution in [0.15, 0.2) is 36.4 Å². The Morgan fingerprint density at radius 2 is 1.62 bits per heavy atom. The Labute approximate surface area is 121 Å². The van der Waals surface area contributed by atoms with E-state index in [2.05, 4.69) is 0 Å². The lowest BCUT2D eigenvalue weighted by Crippen LogP contribution is -2.29. The normalized spacial score (nSPS) is 21.7. The molecular formula is C17H15F3O. The maximum Gasteiger partial charge on any atom is 0.194 e. The van der Waals surface area contributed by atoms with Crippen molar-refractivity contribution in [2.24, 2.45) is 0 Å². The first-order valence-corrected chi connectivity index (χ1v) is 6.99. The van der Waals surface area contributed by atoms with Crippen molar-refractivity contribution >= 4 is 0 Å². The number of hydrogen-bond acceptors (Lipinski definition) is 1. The summed E-state index contributed by atoms with van der Waals surface area (Å²) in [7, 11) is 0. The highest BCUT2D eigenvalue weighted by atomic mass is 19.2. The summed E-state index contributed by atoms with van der Waals surface area (Å²) in [6.45, 7) is 0. The lowest BCUT2D eigenvalue weighted by atomic mass is 9.81. The lowest BCUT2D eigenvalue weighted by Gasteiger charge is -2.30. The smallest absolute Gasteiger partial charge is 0.194 e. The zero-order valence-corrected chi connectivity index (χ0v) is 11.4. The highest BCUT2D eigenvalue weighted by molar-refractivity contribution is 5.42. The van der Waals surface area contributed by atoms with Crippen molar-refractivity contribution < 1.29 is 18.3 Å². The number of halogens is 3. The molecule has 1 aliphatic carbocycles. The minimum Gasteiger partial charge on any atom is -0.380 e. The maximum atomic E-state index is 14.1. The number of hydrogen-bond donors (Lipinski definition) is 1. The van der Waals surface area contributed by atoms with Gasteiger partial charge in [-0.15, -0.1) is 0 Å². The van der Waals surface area contributed by atoms with Crippen LogP contribution in [0.4, 0.5) is 13.2 Å². The molecule has 110 valence electrons. The molecule has 0 aliphatic heterocycles. The van der Waals surface area contributed by atoms with E-state index < -0.39 is 23.1 Å². The average molecular weight is 292 g/mol. The molecule has 0 spiro atoms. The van der Waals surface area contributed by atoms with E-state index in [9.17, 15) is 18.3 Å². The summed E-state index contributed by atoms with van der Waals surface area (Å²) in [5, 5.41) is 11.0. The van der Waals surface area contributed by atoms with Crippen molar-refractivity contribution in [3.63, 3.8) is 0 Å². The van der Waals surface area contributed by atoms with Gasteiger partial charge in [-0.05, 0) is 48.9 Å². The molecule has 0 saturated heterocycles. The van der Waals surface area contributed by atoms with Crippen molar-refractivity contribution in [3.05, 3.63) is 70.5 Å². The van der Waals surface area contributed by atoms with Crippen LogP contribution in [-0.4, -0.2) is 5.11 Å². The van der Waals surface area contributed by atoms with Gasteiger partial charge in [-0.3, -0.25) is 0 Å². The first-order chi connectivity index (χ1) is 10.0. The third-order valence-corrected chi connectivity index (χ3v) is 4.18. The second kappa shape index (κ2) is 5.19. The van der Waals surface area contributed by atoms with Gasteiger partial charge >= 0.3 is 0 Å². The third-order valence-electron chi connectivity index (χ3n) is 4.18. The molecule has 1 aliphatic rings. The molecule has 0 fully saturated rings. The molecule has 2 aromatic rings. The second-order valence-corrected chi connectivity index (χ2v) is 5.45. The number of fused-ring (bicyclic) bond motifs is 1. The first kappa shape index (κ1) is 14.1. The summed E-state index contributed by atoms with van der Waals surface area (Å²) in [6.07, 6.45) is 2.62. The van der Waals surface area contributed by atoms with Crippen LogP contribution in [0.2, 0.25) is 0 Å². The monoisotopic (exact) mass is 292 g/mol. The quantitative estimate of drug-likeness (QED) is 0.620. The second-order valence-electron chi connectivity index (χ2n) is 5.45. The fourth-order valence-corrected chi connectivity index (χ4v) is 3.10. The highest BCUT2D eigenvalue weighted by Crippen LogP contribution is 2.41. The molecule has 1 unspecified atom stereocenters. The van der Waals surface area contributed by atoms with Crippen LogP contribution in [-0.2, 0) is 12.0 Å². The SMILES string of the molecule is OC1(c2ccc(F)c(F)c2F)CCCCc2ccccc21. The Morgan fingerprint density at radius 1 is 0.857 bits per heavy atom. The van der Waals surface area contributed by atoms with E-state index in [-0.39, 0.29) is 12.0 Å². The van der Waals surface area contributed by atoms with Gasteiger partial charge in [0.15, 0.2) is 17.5 Å². The van der Waals surface area contributed by atoms with Crippen molar-refractivity contribution in [1.82, 2.24) is 0 Å². The van der Waals surface area contributed by atoms with Gasteiger partial charge in [0.25, 0.3) is 0 Å². The van der Waals surface area contributed by atoms with Crippen LogP contribution < -0.4 is 0 Å². The molecule has 0 saturated carbocycles. The van der Waals surface area contributed by atoms with E-state index in [1.165, 1.54) is 0 Å². The van der Waals surface area contributed by atoms with E-state index in [1.807, 2.05) is 12.1 Å². The van der Waals surface area contributed by atoms with Crippen molar-refractivity contribution in [3.8, 4) is 0 Å². The predicted molar refractivity (Wildman–Crippen MR) is 73.3 cm³/mol. The zero-order chi connectivity index (χ0) is 15.0. The van der Waals surface area contributed by atoms with Gasteiger partial charge in [-0.1, -0.05) is 24.3 Å². The van der Waals surface area contributed by atoms with E-state index >= 15 is 0 Å². The minimum atomic E-state index is -1.62. The maximum absolute atomic E-state index is 14.1. The molecule has 1 N–H and O–H groups in total. The summed E-state index contributed by atoms with van der Waals surface area (Å²) >= 11 is 0. The number of aryl methyl sites for hydroxylation is 1. The van der Waals surface area contributed by atoms with Gasteiger partial charge in [0.05, 0.1) is 0 Å². The van der Waals surface area contributed by atoms with Crippen molar-refractivity contribution in [2.45, 2.75) is 31.3 Å². The Hall–Kier alpha value is -1.81. The Bertz CT molecular complexity index is 684. The van der Waals surface area contributed by atoms with E-state index in [0.29, 0.717) is 12.0 Å². The molecule has 4 heteroatoms. The standard InChI is InChI=1S/C17H15F3O/c18-14-9-8-13(15(19)16(14)20)17(21)10-4-3-6-11-5-1-2-7-12(11)17/h1-2,5,7-9,21H,3-4,6,10H2. The fraction of sp³-hybridized carbons (Fsp3) is 0.294. The fourth-order valence-electron chi connectivity index (χ4n) is 3.10. The zero-order valence-electron chi connectivity index (χ0n) is 11.4.